The van der Waals surface area contributed by atoms with Crippen LogP contribution in [0.4, 0.5) is 5.82 Å². The number of carbonyl (C=O) groups excluding carboxylic acids is 1. The quantitative estimate of drug-likeness (QED) is 0.480. The second kappa shape index (κ2) is 6.32. The average molecular weight is 275 g/mol. The number of rotatable bonds is 3. The molecule has 0 aliphatic carbocycles. The zero-order chi connectivity index (χ0) is 14.4. The zero-order valence-electron chi connectivity index (χ0n) is 10.7. The van der Waals surface area contributed by atoms with Gasteiger partial charge in [-0.1, -0.05) is 30.3 Å². The molecule has 8 nitrogen and oxygen atoms in total. The van der Waals surface area contributed by atoms with Gasteiger partial charge in [0.2, 0.25) is 0 Å². The third kappa shape index (κ3) is 3.55. The summed E-state index contributed by atoms with van der Waals surface area (Å²) in [6.07, 6.45) is 0. The molecule has 104 valence electrons. The highest BCUT2D eigenvalue weighted by Crippen LogP contribution is 2.07. The molecule has 0 aliphatic rings. The van der Waals surface area contributed by atoms with Gasteiger partial charge < -0.3 is 10.6 Å². The highest BCUT2D eigenvalue weighted by molar-refractivity contribution is 6.00. The lowest BCUT2D eigenvalue weighted by molar-refractivity contribution is -0.145. The van der Waals surface area contributed by atoms with E-state index in [2.05, 4.69) is 30.3 Å². The molecule has 0 saturated carbocycles. The molecule has 0 spiro atoms. The molecule has 0 amide bonds. The fourth-order valence-corrected chi connectivity index (χ4v) is 1.39. The Morgan fingerprint density at radius 1 is 1.40 bits per heavy atom. The number of hydroxylamine groups is 1. The van der Waals surface area contributed by atoms with Crippen molar-refractivity contribution in [1.29, 1.82) is 0 Å². The number of nitrogens with two attached hydrogens (primary N) is 1. The van der Waals surface area contributed by atoms with Crippen molar-refractivity contribution in [3.05, 3.63) is 41.6 Å². The predicted octanol–water partition coefficient (Wildman–Crippen LogP) is 0.666. The first-order valence-electron chi connectivity index (χ1n) is 5.77. The lowest BCUT2D eigenvalue weighted by Gasteiger charge is -2.06. The van der Waals surface area contributed by atoms with Crippen LogP contribution in [0.15, 0.2) is 40.0 Å². The molecule has 20 heavy (non-hydrogen) atoms. The summed E-state index contributed by atoms with van der Waals surface area (Å²) in [7, 11) is 0. The third-order valence-electron chi connectivity index (χ3n) is 2.29. The summed E-state index contributed by atoms with van der Waals surface area (Å²) >= 11 is 0. The SMILES string of the molecule is CC(=O)ONC(=NCc1ccccc1)c1nonc1N. The molecule has 8 heteroatoms. The number of hydrogen-bond acceptors (Lipinski definition) is 7. The number of aromatic nitrogens is 2. The number of carbonyl (C=O) groups is 1. The Morgan fingerprint density at radius 2 is 2.15 bits per heavy atom. The van der Waals surface area contributed by atoms with Crippen molar-refractivity contribution in [2.24, 2.45) is 4.99 Å². The van der Waals surface area contributed by atoms with Crippen LogP contribution in [0.2, 0.25) is 0 Å². The second-order valence-electron chi connectivity index (χ2n) is 3.84. The van der Waals surface area contributed by atoms with Gasteiger partial charge in [0.25, 0.3) is 0 Å². The van der Waals surface area contributed by atoms with Crippen LogP contribution >= 0.6 is 0 Å². The largest absolute Gasteiger partial charge is 0.379 e. The summed E-state index contributed by atoms with van der Waals surface area (Å²) in [6.45, 7) is 1.61. The van der Waals surface area contributed by atoms with Crippen LogP contribution in [0.3, 0.4) is 0 Å². The highest BCUT2D eigenvalue weighted by Gasteiger charge is 2.15. The molecule has 0 bridgehead atoms. The Balaban J connectivity index is 2.18. The third-order valence-corrected chi connectivity index (χ3v) is 2.29. The molecular formula is C12H13N5O3. The molecule has 1 aromatic carbocycles. The molecule has 1 aromatic heterocycles. The van der Waals surface area contributed by atoms with Crippen LogP contribution < -0.4 is 11.2 Å². The van der Waals surface area contributed by atoms with E-state index in [1.807, 2.05) is 30.3 Å². The molecule has 2 aromatic rings. The Hall–Kier alpha value is -2.90. The summed E-state index contributed by atoms with van der Waals surface area (Å²) < 4.78 is 4.50. The van der Waals surface area contributed by atoms with E-state index in [9.17, 15) is 4.79 Å². The van der Waals surface area contributed by atoms with Gasteiger partial charge in [0, 0.05) is 6.92 Å². The Morgan fingerprint density at radius 3 is 2.75 bits per heavy atom. The van der Waals surface area contributed by atoms with Gasteiger partial charge in [0.15, 0.2) is 17.3 Å². The monoisotopic (exact) mass is 275 g/mol. The molecule has 0 atom stereocenters. The van der Waals surface area contributed by atoms with Crippen molar-refractivity contribution in [3.8, 4) is 0 Å². The number of nitrogens with zero attached hydrogens (tertiary/aromatic N) is 3. The number of benzene rings is 1. The van der Waals surface area contributed by atoms with Gasteiger partial charge in [-0.2, -0.15) is 5.48 Å². The van der Waals surface area contributed by atoms with E-state index in [1.165, 1.54) is 6.92 Å². The van der Waals surface area contributed by atoms with E-state index >= 15 is 0 Å². The normalized spacial score (nSPS) is 11.2. The molecule has 0 saturated heterocycles. The Bertz CT molecular complexity index is 609. The van der Waals surface area contributed by atoms with E-state index in [1.54, 1.807) is 0 Å². The fourth-order valence-electron chi connectivity index (χ4n) is 1.39. The summed E-state index contributed by atoms with van der Waals surface area (Å²) in [5.74, 6) is -0.299. The van der Waals surface area contributed by atoms with Crippen LogP contribution in [0, 0.1) is 0 Å². The van der Waals surface area contributed by atoms with Gasteiger partial charge in [-0.15, -0.1) is 0 Å². The summed E-state index contributed by atoms with van der Waals surface area (Å²) in [6, 6.07) is 9.53. The van der Waals surface area contributed by atoms with E-state index in [-0.39, 0.29) is 17.3 Å². The topological polar surface area (TPSA) is 116 Å². The molecule has 2 rings (SSSR count). The minimum atomic E-state index is -0.521. The predicted molar refractivity (Wildman–Crippen MR) is 70.3 cm³/mol. The van der Waals surface area contributed by atoms with Crippen LogP contribution in [-0.2, 0) is 16.2 Å². The van der Waals surface area contributed by atoms with E-state index in [0.717, 1.165) is 5.56 Å². The van der Waals surface area contributed by atoms with Crippen LogP contribution in [-0.4, -0.2) is 22.1 Å². The van der Waals surface area contributed by atoms with Crippen molar-refractivity contribution in [3.63, 3.8) is 0 Å². The number of amidine groups is 1. The van der Waals surface area contributed by atoms with Crippen LogP contribution in [0.5, 0.6) is 0 Å². The van der Waals surface area contributed by atoms with Gasteiger partial charge in [0.05, 0.1) is 6.54 Å². The number of aliphatic imine (C=N–C) groups is 1. The first kappa shape index (κ1) is 13.5. The first-order chi connectivity index (χ1) is 9.66. The minimum Gasteiger partial charge on any atom is -0.379 e. The van der Waals surface area contributed by atoms with E-state index in [0.29, 0.717) is 6.54 Å². The van der Waals surface area contributed by atoms with E-state index < -0.39 is 5.97 Å². The van der Waals surface area contributed by atoms with Crippen molar-refractivity contribution in [1.82, 2.24) is 15.8 Å². The van der Waals surface area contributed by atoms with Crippen molar-refractivity contribution >= 4 is 17.6 Å². The average Bonchev–Trinajstić information content (AvgIpc) is 2.86. The lowest BCUT2D eigenvalue weighted by atomic mass is 10.2. The maximum absolute atomic E-state index is 10.8. The van der Waals surface area contributed by atoms with Crippen LogP contribution in [0.1, 0.15) is 18.2 Å². The van der Waals surface area contributed by atoms with Gasteiger partial charge in [-0.25, -0.2) is 4.63 Å². The number of nitrogens with one attached hydrogen (secondary N) is 1. The molecule has 0 aliphatic heterocycles. The lowest BCUT2D eigenvalue weighted by Crippen LogP contribution is -2.28. The standard InChI is InChI=1S/C12H13N5O3/c1-8(18)19-17-12(10-11(13)16-20-15-10)14-7-9-5-3-2-4-6-9/h2-6H,7H2,1H3,(H2,13,16)(H,14,17). The van der Waals surface area contributed by atoms with Crippen molar-refractivity contribution < 1.29 is 14.3 Å². The van der Waals surface area contributed by atoms with Crippen molar-refractivity contribution in [2.75, 3.05) is 5.73 Å². The Labute approximate surface area is 114 Å². The van der Waals surface area contributed by atoms with Crippen molar-refractivity contribution in [2.45, 2.75) is 13.5 Å². The van der Waals surface area contributed by atoms with Gasteiger partial charge in [-0.3, -0.25) is 9.79 Å². The Kier molecular flexibility index (Phi) is 4.28. The summed E-state index contributed by atoms with van der Waals surface area (Å²) in [5.41, 5.74) is 9.14. The molecule has 1 heterocycles. The summed E-state index contributed by atoms with van der Waals surface area (Å²) in [5, 5.41) is 7.06. The zero-order valence-corrected chi connectivity index (χ0v) is 10.7. The number of anilines is 1. The maximum Gasteiger partial charge on any atom is 0.329 e. The highest BCUT2D eigenvalue weighted by atomic mass is 16.7. The first-order valence-corrected chi connectivity index (χ1v) is 5.77. The summed E-state index contributed by atoms with van der Waals surface area (Å²) in [4.78, 5) is 19.8. The minimum absolute atomic E-state index is 0.0523. The molecule has 0 radical (unpaired) electrons. The van der Waals surface area contributed by atoms with Gasteiger partial charge in [0.1, 0.15) is 0 Å². The number of hydrogen-bond donors (Lipinski definition) is 2. The molecule has 0 fully saturated rings. The fraction of sp³-hybridized carbons (Fsp3) is 0.167. The number of nitrogen functional groups attached to an aromatic ring is 1. The molecular weight excluding hydrogens is 262 g/mol. The smallest absolute Gasteiger partial charge is 0.329 e. The van der Waals surface area contributed by atoms with Gasteiger partial charge in [-0.05, 0) is 15.9 Å². The maximum atomic E-state index is 10.8. The molecule has 3 N–H and O–H groups in total. The van der Waals surface area contributed by atoms with Crippen LogP contribution in [0.25, 0.3) is 0 Å². The second-order valence-corrected chi connectivity index (χ2v) is 3.84. The van der Waals surface area contributed by atoms with E-state index in [4.69, 9.17) is 5.73 Å². The molecule has 0 unspecified atom stereocenters. The van der Waals surface area contributed by atoms with Gasteiger partial charge >= 0.3 is 5.97 Å².